The zero-order chi connectivity index (χ0) is 21.2. The highest BCUT2D eigenvalue weighted by atomic mass is 35.7. The van der Waals surface area contributed by atoms with Gasteiger partial charge < -0.3 is 10.5 Å². The van der Waals surface area contributed by atoms with Crippen LogP contribution in [-0.2, 0) is 20.7 Å². The molecule has 2 N–H and O–H groups in total. The molecular formula is C22H24ClNO4P+. The summed E-state index contributed by atoms with van der Waals surface area (Å²) in [4.78, 5) is 11.4. The molecule has 0 aliphatic heterocycles. The summed E-state index contributed by atoms with van der Waals surface area (Å²) in [6.45, 7) is 4.09. The van der Waals surface area contributed by atoms with E-state index in [0.29, 0.717) is 12.4 Å². The molecular weight excluding hydrogens is 409 g/mol. The lowest BCUT2D eigenvalue weighted by atomic mass is 10.1. The van der Waals surface area contributed by atoms with Crippen molar-refractivity contribution in [1.29, 1.82) is 0 Å². The number of rotatable bonds is 6. The molecule has 0 aromatic heterocycles. The molecule has 5 nitrogen and oxygen atoms in total. The van der Waals surface area contributed by atoms with Gasteiger partial charge in [-0.15, -0.1) is 0 Å². The molecule has 29 heavy (non-hydrogen) atoms. The summed E-state index contributed by atoms with van der Waals surface area (Å²) in [5.74, 6) is 0.321. The molecule has 0 fully saturated rings. The van der Waals surface area contributed by atoms with Crippen LogP contribution in [-0.4, -0.2) is 12.0 Å². The summed E-state index contributed by atoms with van der Waals surface area (Å²) < 4.78 is 20.8. The van der Waals surface area contributed by atoms with E-state index in [0.717, 1.165) is 16.3 Å². The summed E-state index contributed by atoms with van der Waals surface area (Å²) in [6.07, 6.45) is 0. The molecule has 0 spiro atoms. The summed E-state index contributed by atoms with van der Waals surface area (Å²) in [5, 5.41) is 1.96. The summed E-state index contributed by atoms with van der Waals surface area (Å²) >= 11 is 5.30. The SMILES string of the molecule is CC(C)C(N)C(=O)OCc1ccccc1.O=[P+](Cl)Oc1cccc2ccccc12. The lowest BCUT2D eigenvalue weighted by Gasteiger charge is -2.14. The van der Waals surface area contributed by atoms with Crippen LogP contribution in [0.5, 0.6) is 5.75 Å². The average molecular weight is 433 g/mol. The summed E-state index contributed by atoms with van der Waals surface area (Å²) in [5.41, 5.74) is 6.62. The van der Waals surface area contributed by atoms with Gasteiger partial charge in [-0.25, -0.2) is 4.52 Å². The Labute approximate surface area is 176 Å². The van der Waals surface area contributed by atoms with E-state index < -0.39 is 13.4 Å². The maximum atomic E-state index is 11.4. The standard InChI is InChI=1S/C12H17NO2.C10H7ClO2P/c1-9(2)11(13)12(14)15-8-10-6-4-3-5-7-10;11-14(12)13-10-7-3-5-8-4-1-2-6-9(8)10/h3-7,9,11H,8,13H2,1-2H3;1-7H/q;+1. The van der Waals surface area contributed by atoms with E-state index in [1.807, 2.05) is 80.6 Å². The first kappa shape index (κ1) is 22.8. The Bertz CT molecular complexity index is 944. The van der Waals surface area contributed by atoms with Crippen molar-refractivity contribution < 1.29 is 18.6 Å². The Kier molecular flexibility index (Phi) is 9.07. The van der Waals surface area contributed by atoms with Crippen LogP contribution < -0.4 is 10.3 Å². The van der Waals surface area contributed by atoms with Crippen molar-refractivity contribution in [1.82, 2.24) is 0 Å². The fourth-order valence-corrected chi connectivity index (χ4v) is 2.99. The third kappa shape index (κ3) is 7.47. The number of nitrogens with two attached hydrogens (primary N) is 1. The smallest absolute Gasteiger partial charge is 0.460 e. The summed E-state index contributed by atoms with van der Waals surface area (Å²) in [6, 6.07) is 22.3. The van der Waals surface area contributed by atoms with Gasteiger partial charge in [-0.3, -0.25) is 4.79 Å². The lowest BCUT2D eigenvalue weighted by molar-refractivity contribution is -0.147. The van der Waals surface area contributed by atoms with Crippen molar-refractivity contribution >= 4 is 35.4 Å². The number of fused-ring (bicyclic) bond motifs is 1. The third-order valence-electron chi connectivity index (χ3n) is 4.13. The van der Waals surface area contributed by atoms with Gasteiger partial charge in [-0.2, -0.15) is 0 Å². The number of benzene rings is 3. The van der Waals surface area contributed by atoms with Gasteiger partial charge in [0.15, 0.2) is 5.75 Å². The van der Waals surface area contributed by atoms with Crippen molar-refractivity contribution in [3.63, 3.8) is 0 Å². The molecule has 3 aromatic rings. The molecule has 0 radical (unpaired) electrons. The average Bonchev–Trinajstić information content (AvgIpc) is 2.72. The van der Waals surface area contributed by atoms with Crippen molar-refractivity contribution in [2.24, 2.45) is 11.7 Å². The molecule has 152 valence electrons. The van der Waals surface area contributed by atoms with Gasteiger partial charge in [0, 0.05) is 9.95 Å². The monoisotopic (exact) mass is 432 g/mol. The second kappa shape index (κ2) is 11.5. The second-order valence-corrected chi connectivity index (χ2v) is 8.08. The van der Waals surface area contributed by atoms with E-state index in [4.69, 9.17) is 26.2 Å². The largest absolute Gasteiger partial charge is 0.683 e. The Morgan fingerprint density at radius 3 is 2.28 bits per heavy atom. The van der Waals surface area contributed by atoms with Gasteiger partial charge in [0.05, 0.1) is 0 Å². The van der Waals surface area contributed by atoms with Crippen LogP contribution in [0.1, 0.15) is 19.4 Å². The maximum Gasteiger partial charge on any atom is 0.683 e. The lowest BCUT2D eigenvalue weighted by Crippen LogP contribution is -2.36. The second-order valence-electron chi connectivity index (χ2n) is 6.64. The zero-order valence-corrected chi connectivity index (χ0v) is 18.0. The minimum atomic E-state index is -2.13. The molecule has 0 bridgehead atoms. The Morgan fingerprint density at radius 2 is 1.62 bits per heavy atom. The minimum absolute atomic E-state index is 0.105. The van der Waals surface area contributed by atoms with E-state index in [1.165, 1.54) is 0 Å². The first-order chi connectivity index (χ1) is 13.9. The number of esters is 1. The van der Waals surface area contributed by atoms with Crippen LogP contribution >= 0.6 is 18.6 Å². The molecule has 7 heteroatoms. The predicted octanol–water partition coefficient (Wildman–Crippen LogP) is 5.83. The number of halogens is 1. The molecule has 2 atom stereocenters. The van der Waals surface area contributed by atoms with Crippen LogP contribution in [0.15, 0.2) is 72.8 Å². The molecule has 3 rings (SSSR count). The molecule has 2 unspecified atom stereocenters. The summed E-state index contributed by atoms with van der Waals surface area (Å²) in [7, 11) is -2.13. The van der Waals surface area contributed by atoms with Gasteiger partial charge in [-0.1, -0.05) is 80.6 Å². The van der Waals surface area contributed by atoms with Gasteiger partial charge in [0.1, 0.15) is 12.6 Å². The number of ether oxygens (including phenoxy) is 1. The Morgan fingerprint density at radius 1 is 1.00 bits per heavy atom. The molecule has 0 amide bonds. The molecule has 0 saturated carbocycles. The third-order valence-corrected chi connectivity index (χ3v) is 4.68. The Balaban J connectivity index is 0.000000207. The van der Waals surface area contributed by atoms with Crippen molar-refractivity contribution in [2.75, 3.05) is 0 Å². The molecule has 3 aromatic carbocycles. The van der Waals surface area contributed by atoms with Gasteiger partial charge >= 0.3 is 13.3 Å². The van der Waals surface area contributed by atoms with Crippen molar-refractivity contribution in [3.05, 3.63) is 78.4 Å². The van der Waals surface area contributed by atoms with Crippen LogP contribution in [0.4, 0.5) is 0 Å². The topological polar surface area (TPSA) is 78.6 Å². The van der Waals surface area contributed by atoms with E-state index in [1.54, 1.807) is 6.07 Å². The van der Waals surface area contributed by atoms with Crippen LogP contribution in [0.25, 0.3) is 10.8 Å². The predicted molar refractivity (Wildman–Crippen MR) is 117 cm³/mol. The highest BCUT2D eigenvalue weighted by Gasteiger charge is 2.18. The van der Waals surface area contributed by atoms with Crippen molar-refractivity contribution in [3.8, 4) is 5.75 Å². The Hall–Kier alpha value is -2.46. The van der Waals surface area contributed by atoms with E-state index in [-0.39, 0.29) is 11.9 Å². The molecule has 0 aliphatic carbocycles. The number of hydrogen-bond donors (Lipinski definition) is 1. The van der Waals surface area contributed by atoms with Gasteiger partial charge in [0.2, 0.25) is 0 Å². The van der Waals surface area contributed by atoms with Gasteiger partial charge in [-0.05, 0) is 22.9 Å². The fraction of sp³-hybridized carbons (Fsp3) is 0.227. The molecule has 0 saturated heterocycles. The highest BCUT2D eigenvalue weighted by Crippen LogP contribution is 2.35. The first-order valence-corrected chi connectivity index (χ1v) is 11.2. The van der Waals surface area contributed by atoms with Crippen molar-refractivity contribution in [2.45, 2.75) is 26.5 Å². The van der Waals surface area contributed by atoms with Crippen LogP contribution in [0, 0.1) is 5.92 Å². The van der Waals surface area contributed by atoms with Gasteiger partial charge in [0.25, 0.3) is 11.2 Å². The number of carbonyl (C=O) groups excluding carboxylic acids is 1. The number of carbonyl (C=O) groups is 1. The normalized spacial score (nSPS) is 12.0. The maximum absolute atomic E-state index is 11.4. The number of hydrogen-bond acceptors (Lipinski definition) is 5. The van der Waals surface area contributed by atoms with Crippen LogP contribution in [0.2, 0.25) is 0 Å². The first-order valence-electron chi connectivity index (χ1n) is 9.13. The van der Waals surface area contributed by atoms with E-state index >= 15 is 0 Å². The minimum Gasteiger partial charge on any atom is -0.460 e. The van der Waals surface area contributed by atoms with E-state index in [9.17, 15) is 9.36 Å². The quantitative estimate of drug-likeness (QED) is 0.391. The highest BCUT2D eigenvalue weighted by molar-refractivity contribution is 7.70. The van der Waals surface area contributed by atoms with E-state index in [2.05, 4.69) is 0 Å². The zero-order valence-electron chi connectivity index (χ0n) is 16.3. The molecule has 0 aliphatic rings. The van der Waals surface area contributed by atoms with Crippen LogP contribution in [0.3, 0.4) is 0 Å². The fourth-order valence-electron chi connectivity index (χ4n) is 2.45. The molecule has 0 heterocycles.